The molecule has 0 saturated carbocycles. The number of hydrogen-bond acceptors (Lipinski definition) is 3. The molecule has 0 aliphatic carbocycles. The molecule has 4 nitrogen and oxygen atoms in total. The van der Waals surface area contributed by atoms with Crippen LogP contribution >= 0.6 is 0 Å². The first-order chi connectivity index (χ1) is 10.0. The molecule has 0 aromatic heterocycles. The van der Waals surface area contributed by atoms with E-state index in [0.29, 0.717) is 12.2 Å². The van der Waals surface area contributed by atoms with Crippen LogP contribution in [-0.4, -0.2) is 22.1 Å². The SMILES string of the molecule is COc1ccc(S(=O)(=O)NCCc2cccc(F)c2)cc1. The van der Waals surface area contributed by atoms with E-state index in [1.165, 1.54) is 31.4 Å². The lowest BCUT2D eigenvalue weighted by Gasteiger charge is -2.07. The minimum Gasteiger partial charge on any atom is -0.497 e. The molecule has 0 bridgehead atoms. The molecule has 6 heteroatoms. The lowest BCUT2D eigenvalue weighted by atomic mass is 10.1. The van der Waals surface area contributed by atoms with Crippen molar-refractivity contribution in [3.63, 3.8) is 0 Å². The Hall–Kier alpha value is -1.92. The van der Waals surface area contributed by atoms with Crippen LogP contribution in [0.5, 0.6) is 5.75 Å². The summed E-state index contributed by atoms with van der Waals surface area (Å²) in [7, 11) is -2.05. The van der Waals surface area contributed by atoms with Crippen LogP contribution in [0.3, 0.4) is 0 Å². The van der Waals surface area contributed by atoms with E-state index in [1.54, 1.807) is 24.3 Å². The molecule has 112 valence electrons. The van der Waals surface area contributed by atoms with E-state index in [0.717, 1.165) is 5.56 Å². The highest BCUT2D eigenvalue weighted by molar-refractivity contribution is 7.89. The van der Waals surface area contributed by atoms with Crippen molar-refractivity contribution in [1.82, 2.24) is 4.72 Å². The molecular formula is C15H16FNO3S. The molecular weight excluding hydrogens is 293 g/mol. The van der Waals surface area contributed by atoms with Crippen LogP contribution in [0.2, 0.25) is 0 Å². The monoisotopic (exact) mass is 309 g/mol. The van der Waals surface area contributed by atoms with Crippen LogP contribution < -0.4 is 9.46 Å². The van der Waals surface area contributed by atoms with E-state index in [4.69, 9.17) is 4.74 Å². The van der Waals surface area contributed by atoms with Gasteiger partial charge in [-0.1, -0.05) is 12.1 Å². The Kier molecular flexibility index (Phi) is 4.93. The number of benzene rings is 2. The fraction of sp³-hybridized carbons (Fsp3) is 0.200. The molecule has 0 aliphatic heterocycles. The predicted octanol–water partition coefficient (Wildman–Crippen LogP) is 2.36. The second-order valence-corrected chi connectivity index (χ2v) is 6.22. The summed E-state index contributed by atoms with van der Waals surface area (Å²) < 4.78 is 44.6. The van der Waals surface area contributed by atoms with Crippen molar-refractivity contribution in [2.45, 2.75) is 11.3 Å². The van der Waals surface area contributed by atoms with Crippen LogP contribution in [0.1, 0.15) is 5.56 Å². The highest BCUT2D eigenvalue weighted by Gasteiger charge is 2.13. The molecule has 0 amide bonds. The quantitative estimate of drug-likeness (QED) is 0.891. The molecule has 1 N–H and O–H groups in total. The second kappa shape index (κ2) is 6.69. The number of sulfonamides is 1. The Labute approximate surface area is 123 Å². The van der Waals surface area contributed by atoms with Gasteiger partial charge in [-0.3, -0.25) is 0 Å². The van der Waals surface area contributed by atoms with Crippen LogP contribution in [0, 0.1) is 5.82 Å². The van der Waals surface area contributed by atoms with Gasteiger partial charge in [0, 0.05) is 6.54 Å². The van der Waals surface area contributed by atoms with Crippen molar-refractivity contribution in [2.75, 3.05) is 13.7 Å². The molecule has 0 spiro atoms. The minimum atomic E-state index is -3.56. The van der Waals surface area contributed by atoms with Gasteiger partial charge in [0.1, 0.15) is 11.6 Å². The molecule has 0 atom stereocenters. The third-order valence-electron chi connectivity index (χ3n) is 2.96. The Morgan fingerprint density at radius 2 is 1.86 bits per heavy atom. The normalized spacial score (nSPS) is 11.3. The van der Waals surface area contributed by atoms with E-state index in [9.17, 15) is 12.8 Å². The predicted molar refractivity (Wildman–Crippen MR) is 78.3 cm³/mol. The zero-order valence-electron chi connectivity index (χ0n) is 11.5. The van der Waals surface area contributed by atoms with E-state index in [-0.39, 0.29) is 17.3 Å². The molecule has 2 rings (SSSR count). The average molecular weight is 309 g/mol. The van der Waals surface area contributed by atoms with E-state index in [1.807, 2.05) is 0 Å². The Morgan fingerprint density at radius 3 is 2.48 bits per heavy atom. The third-order valence-corrected chi connectivity index (χ3v) is 4.44. The molecule has 2 aromatic rings. The standard InChI is InChI=1S/C15H16FNO3S/c1-20-14-5-7-15(8-6-14)21(18,19)17-10-9-12-3-2-4-13(16)11-12/h2-8,11,17H,9-10H2,1H3. The third kappa shape index (κ3) is 4.27. The van der Waals surface area contributed by atoms with Crippen molar-refractivity contribution >= 4 is 10.0 Å². The Morgan fingerprint density at radius 1 is 1.14 bits per heavy atom. The summed E-state index contributed by atoms with van der Waals surface area (Å²) in [4.78, 5) is 0.169. The molecule has 0 saturated heterocycles. The molecule has 0 radical (unpaired) electrons. The number of ether oxygens (including phenoxy) is 1. The van der Waals surface area contributed by atoms with Crippen molar-refractivity contribution in [3.8, 4) is 5.75 Å². The molecule has 0 unspecified atom stereocenters. The maximum Gasteiger partial charge on any atom is 0.240 e. The van der Waals surface area contributed by atoms with Crippen LogP contribution in [0.25, 0.3) is 0 Å². The average Bonchev–Trinajstić information content (AvgIpc) is 2.47. The van der Waals surface area contributed by atoms with Gasteiger partial charge >= 0.3 is 0 Å². The number of hydrogen-bond donors (Lipinski definition) is 1. The van der Waals surface area contributed by atoms with E-state index < -0.39 is 10.0 Å². The molecule has 2 aromatic carbocycles. The van der Waals surface area contributed by atoms with Gasteiger partial charge in [-0.25, -0.2) is 17.5 Å². The van der Waals surface area contributed by atoms with Crippen molar-refractivity contribution in [1.29, 1.82) is 0 Å². The van der Waals surface area contributed by atoms with Crippen LogP contribution in [0.15, 0.2) is 53.4 Å². The van der Waals surface area contributed by atoms with Crippen LogP contribution in [0.4, 0.5) is 4.39 Å². The first kappa shape index (κ1) is 15.5. The van der Waals surface area contributed by atoms with Crippen molar-refractivity contribution in [3.05, 3.63) is 59.9 Å². The molecule has 0 heterocycles. The topological polar surface area (TPSA) is 55.4 Å². The maximum atomic E-state index is 13.0. The van der Waals surface area contributed by atoms with E-state index in [2.05, 4.69) is 4.72 Å². The zero-order valence-corrected chi connectivity index (χ0v) is 12.4. The Balaban J connectivity index is 1.97. The summed E-state index contributed by atoms with van der Waals surface area (Å²) >= 11 is 0. The summed E-state index contributed by atoms with van der Waals surface area (Å²) in [5, 5.41) is 0. The second-order valence-electron chi connectivity index (χ2n) is 4.45. The summed E-state index contributed by atoms with van der Waals surface area (Å²) in [5.41, 5.74) is 0.743. The highest BCUT2D eigenvalue weighted by Crippen LogP contribution is 2.15. The van der Waals surface area contributed by atoms with Gasteiger partial charge < -0.3 is 4.74 Å². The lowest BCUT2D eigenvalue weighted by molar-refractivity contribution is 0.414. The molecule has 0 aliphatic rings. The van der Waals surface area contributed by atoms with Crippen LogP contribution in [-0.2, 0) is 16.4 Å². The van der Waals surface area contributed by atoms with Crippen molar-refractivity contribution < 1.29 is 17.5 Å². The number of methoxy groups -OCH3 is 1. The van der Waals surface area contributed by atoms with Gasteiger partial charge in [0.2, 0.25) is 10.0 Å². The van der Waals surface area contributed by atoms with Gasteiger partial charge in [0.05, 0.1) is 12.0 Å². The van der Waals surface area contributed by atoms with E-state index >= 15 is 0 Å². The van der Waals surface area contributed by atoms with Gasteiger partial charge in [-0.15, -0.1) is 0 Å². The summed E-state index contributed by atoms with van der Waals surface area (Å²) in [6.07, 6.45) is 0.424. The highest BCUT2D eigenvalue weighted by atomic mass is 32.2. The first-order valence-corrected chi connectivity index (χ1v) is 7.88. The first-order valence-electron chi connectivity index (χ1n) is 6.39. The number of nitrogens with one attached hydrogen (secondary N) is 1. The fourth-order valence-corrected chi connectivity index (χ4v) is 2.89. The van der Waals surface area contributed by atoms with Gasteiger partial charge in [-0.05, 0) is 48.4 Å². The van der Waals surface area contributed by atoms with Gasteiger partial charge in [0.15, 0.2) is 0 Å². The fourth-order valence-electron chi connectivity index (χ4n) is 1.86. The van der Waals surface area contributed by atoms with Gasteiger partial charge in [0.25, 0.3) is 0 Å². The maximum absolute atomic E-state index is 13.0. The smallest absolute Gasteiger partial charge is 0.240 e. The molecule has 21 heavy (non-hydrogen) atoms. The largest absolute Gasteiger partial charge is 0.497 e. The zero-order chi connectivity index (χ0) is 15.3. The summed E-state index contributed by atoms with van der Waals surface area (Å²) in [5.74, 6) is 0.263. The minimum absolute atomic E-state index is 0.169. The summed E-state index contributed by atoms with van der Waals surface area (Å²) in [6.45, 7) is 0.206. The lowest BCUT2D eigenvalue weighted by Crippen LogP contribution is -2.26. The van der Waals surface area contributed by atoms with Gasteiger partial charge in [-0.2, -0.15) is 0 Å². The van der Waals surface area contributed by atoms with Crippen molar-refractivity contribution in [2.24, 2.45) is 0 Å². The molecule has 0 fully saturated rings. The Bertz CT molecular complexity index is 699. The summed E-state index contributed by atoms with van der Waals surface area (Å²) in [6, 6.07) is 12.2. The number of rotatable bonds is 6. The number of halogens is 1.